The third-order valence-corrected chi connectivity index (χ3v) is 4.99. The van der Waals surface area contributed by atoms with E-state index in [9.17, 15) is 9.59 Å². The Morgan fingerprint density at radius 1 is 0.935 bits per heavy atom. The SMILES string of the molecule is COc1cc(C(=O)NC(C(=O)NC(=N)c2ccccc2)c2cccc(Cl)c2)ccc1Cl. The summed E-state index contributed by atoms with van der Waals surface area (Å²) < 4.78 is 5.15. The van der Waals surface area contributed by atoms with Crippen LogP contribution in [0.15, 0.2) is 72.8 Å². The molecule has 8 heteroatoms. The number of ether oxygens (including phenoxy) is 1. The molecule has 3 N–H and O–H groups in total. The zero-order valence-corrected chi connectivity index (χ0v) is 18.0. The van der Waals surface area contributed by atoms with E-state index < -0.39 is 17.9 Å². The van der Waals surface area contributed by atoms with Crippen LogP contribution in [0.5, 0.6) is 5.75 Å². The van der Waals surface area contributed by atoms with Gasteiger partial charge in [0.05, 0.1) is 12.1 Å². The molecule has 3 aromatic rings. The van der Waals surface area contributed by atoms with Gasteiger partial charge in [-0.3, -0.25) is 15.0 Å². The van der Waals surface area contributed by atoms with Gasteiger partial charge in [-0.05, 0) is 35.9 Å². The molecule has 0 aromatic heterocycles. The van der Waals surface area contributed by atoms with Crippen molar-refractivity contribution in [3.8, 4) is 5.75 Å². The van der Waals surface area contributed by atoms with Crippen LogP contribution in [0.4, 0.5) is 0 Å². The number of carbonyl (C=O) groups excluding carboxylic acids is 2. The van der Waals surface area contributed by atoms with Crippen LogP contribution >= 0.6 is 23.2 Å². The van der Waals surface area contributed by atoms with Crippen molar-refractivity contribution in [3.63, 3.8) is 0 Å². The van der Waals surface area contributed by atoms with E-state index in [4.69, 9.17) is 33.3 Å². The van der Waals surface area contributed by atoms with E-state index in [0.29, 0.717) is 26.9 Å². The van der Waals surface area contributed by atoms with Gasteiger partial charge in [0.15, 0.2) is 0 Å². The molecule has 0 aliphatic carbocycles. The Hall–Kier alpha value is -3.35. The van der Waals surface area contributed by atoms with Crippen LogP contribution in [0.1, 0.15) is 27.5 Å². The quantitative estimate of drug-likeness (QED) is 0.374. The highest BCUT2D eigenvalue weighted by molar-refractivity contribution is 6.32. The summed E-state index contributed by atoms with van der Waals surface area (Å²) in [7, 11) is 1.44. The number of halogens is 2. The molecule has 0 fully saturated rings. The summed E-state index contributed by atoms with van der Waals surface area (Å²) in [5, 5.41) is 14.2. The molecule has 0 aliphatic heterocycles. The van der Waals surface area contributed by atoms with Crippen LogP contribution < -0.4 is 15.4 Å². The minimum absolute atomic E-state index is 0.0833. The first-order chi connectivity index (χ1) is 14.9. The average molecular weight is 456 g/mol. The Balaban J connectivity index is 1.87. The average Bonchev–Trinajstić information content (AvgIpc) is 2.78. The first-order valence-corrected chi connectivity index (χ1v) is 9.99. The summed E-state index contributed by atoms with van der Waals surface area (Å²) in [6.07, 6.45) is 0. The van der Waals surface area contributed by atoms with Crippen molar-refractivity contribution in [3.05, 3.63) is 99.5 Å². The molecule has 158 valence electrons. The zero-order valence-electron chi connectivity index (χ0n) is 16.5. The molecule has 0 bridgehead atoms. The normalized spacial score (nSPS) is 11.3. The number of nitrogens with one attached hydrogen (secondary N) is 3. The Kier molecular flexibility index (Phi) is 7.28. The van der Waals surface area contributed by atoms with Crippen LogP contribution in [0, 0.1) is 5.41 Å². The molecule has 0 radical (unpaired) electrons. The maximum atomic E-state index is 13.0. The van der Waals surface area contributed by atoms with Gasteiger partial charge in [-0.1, -0.05) is 65.7 Å². The molecule has 0 saturated carbocycles. The Labute approximate surface area is 189 Å². The number of rotatable bonds is 6. The Bertz CT molecular complexity index is 1120. The highest BCUT2D eigenvalue weighted by Gasteiger charge is 2.25. The minimum atomic E-state index is -1.09. The molecule has 0 saturated heterocycles. The number of amidine groups is 1. The van der Waals surface area contributed by atoms with E-state index >= 15 is 0 Å². The maximum absolute atomic E-state index is 13.0. The number of hydrogen-bond donors (Lipinski definition) is 3. The number of carbonyl (C=O) groups is 2. The fourth-order valence-electron chi connectivity index (χ4n) is 2.87. The van der Waals surface area contributed by atoms with Gasteiger partial charge in [-0.25, -0.2) is 0 Å². The van der Waals surface area contributed by atoms with Crippen molar-refractivity contribution < 1.29 is 14.3 Å². The monoisotopic (exact) mass is 455 g/mol. The first-order valence-electron chi connectivity index (χ1n) is 9.23. The predicted octanol–water partition coefficient (Wildman–Crippen LogP) is 4.61. The van der Waals surface area contributed by atoms with Crippen molar-refractivity contribution in [2.24, 2.45) is 0 Å². The second kappa shape index (κ2) is 10.1. The van der Waals surface area contributed by atoms with E-state index in [0.717, 1.165) is 0 Å². The standard InChI is InChI=1S/C23H19Cl2N3O3/c1-31-19-13-16(10-11-18(19)25)22(29)27-20(15-8-5-9-17(24)12-15)23(30)28-21(26)14-6-3-2-4-7-14/h2-13,20H,1H3,(H,27,29)(H2,26,28,30). The Morgan fingerprint density at radius 2 is 1.68 bits per heavy atom. The van der Waals surface area contributed by atoms with Gasteiger partial charge in [-0.2, -0.15) is 0 Å². The summed E-state index contributed by atoms with van der Waals surface area (Å²) in [5.74, 6) is -0.837. The van der Waals surface area contributed by atoms with Crippen molar-refractivity contribution in [1.29, 1.82) is 5.41 Å². The lowest BCUT2D eigenvalue weighted by atomic mass is 10.0. The molecular formula is C23H19Cl2N3O3. The smallest absolute Gasteiger partial charge is 0.252 e. The summed E-state index contributed by atoms with van der Waals surface area (Å²) in [4.78, 5) is 25.9. The third kappa shape index (κ3) is 5.63. The number of hydrogen-bond acceptors (Lipinski definition) is 4. The lowest BCUT2D eigenvalue weighted by Crippen LogP contribution is -2.42. The number of benzene rings is 3. The molecule has 0 spiro atoms. The highest BCUT2D eigenvalue weighted by Crippen LogP contribution is 2.26. The number of methoxy groups -OCH3 is 1. The third-order valence-electron chi connectivity index (χ3n) is 4.44. The van der Waals surface area contributed by atoms with Crippen LogP contribution in [-0.4, -0.2) is 24.8 Å². The van der Waals surface area contributed by atoms with Crippen LogP contribution in [0.25, 0.3) is 0 Å². The number of amides is 2. The minimum Gasteiger partial charge on any atom is -0.495 e. The first kappa shape index (κ1) is 22.3. The Morgan fingerprint density at radius 3 is 2.35 bits per heavy atom. The molecule has 2 amide bonds. The molecule has 6 nitrogen and oxygen atoms in total. The van der Waals surface area contributed by atoms with E-state index in [-0.39, 0.29) is 11.4 Å². The summed E-state index contributed by atoms with van der Waals surface area (Å²) in [6, 6.07) is 18.8. The van der Waals surface area contributed by atoms with Crippen molar-refractivity contribution >= 4 is 40.9 Å². The molecular weight excluding hydrogens is 437 g/mol. The maximum Gasteiger partial charge on any atom is 0.252 e. The van der Waals surface area contributed by atoms with Gasteiger partial charge in [-0.15, -0.1) is 0 Å². The second-order valence-electron chi connectivity index (χ2n) is 6.54. The fraction of sp³-hybridized carbons (Fsp3) is 0.0870. The molecule has 0 heterocycles. The van der Waals surface area contributed by atoms with Gasteiger partial charge in [0.1, 0.15) is 17.6 Å². The molecule has 31 heavy (non-hydrogen) atoms. The van der Waals surface area contributed by atoms with Crippen molar-refractivity contribution in [2.75, 3.05) is 7.11 Å². The van der Waals surface area contributed by atoms with Gasteiger partial charge < -0.3 is 15.4 Å². The van der Waals surface area contributed by atoms with E-state index in [1.54, 1.807) is 48.5 Å². The summed E-state index contributed by atoms with van der Waals surface area (Å²) in [5.41, 5.74) is 1.27. The zero-order chi connectivity index (χ0) is 22.4. The molecule has 3 aromatic carbocycles. The van der Waals surface area contributed by atoms with Crippen LogP contribution in [0.2, 0.25) is 10.0 Å². The lowest BCUT2D eigenvalue weighted by Gasteiger charge is -2.20. The summed E-state index contributed by atoms with van der Waals surface area (Å²) in [6.45, 7) is 0. The highest BCUT2D eigenvalue weighted by atomic mass is 35.5. The lowest BCUT2D eigenvalue weighted by molar-refractivity contribution is -0.121. The molecule has 3 rings (SSSR count). The van der Waals surface area contributed by atoms with Gasteiger partial charge in [0.25, 0.3) is 11.8 Å². The van der Waals surface area contributed by atoms with Gasteiger partial charge in [0, 0.05) is 16.1 Å². The second-order valence-corrected chi connectivity index (χ2v) is 7.38. The fourth-order valence-corrected chi connectivity index (χ4v) is 3.27. The molecule has 0 aliphatic rings. The predicted molar refractivity (Wildman–Crippen MR) is 121 cm³/mol. The topological polar surface area (TPSA) is 91.3 Å². The van der Waals surface area contributed by atoms with E-state index in [1.165, 1.54) is 25.3 Å². The van der Waals surface area contributed by atoms with Gasteiger partial charge >= 0.3 is 0 Å². The van der Waals surface area contributed by atoms with E-state index in [2.05, 4.69) is 10.6 Å². The van der Waals surface area contributed by atoms with Gasteiger partial charge in [0.2, 0.25) is 0 Å². The van der Waals surface area contributed by atoms with Crippen LogP contribution in [0.3, 0.4) is 0 Å². The largest absolute Gasteiger partial charge is 0.495 e. The van der Waals surface area contributed by atoms with Crippen LogP contribution in [-0.2, 0) is 4.79 Å². The van der Waals surface area contributed by atoms with Crippen molar-refractivity contribution in [1.82, 2.24) is 10.6 Å². The van der Waals surface area contributed by atoms with E-state index in [1.807, 2.05) is 6.07 Å². The molecule has 1 atom stereocenters. The molecule has 1 unspecified atom stereocenters. The summed E-state index contributed by atoms with van der Waals surface area (Å²) >= 11 is 12.1. The van der Waals surface area contributed by atoms with Crippen molar-refractivity contribution in [2.45, 2.75) is 6.04 Å².